The molecule has 0 aliphatic rings. The van der Waals surface area contributed by atoms with E-state index >= 15 is 0 Å². The molecule has 17 nitrogen and oxygen atoms in total. The van der Waals surface area contributed by atoms with Crippen LogP contribution in [0.5, 0.6) is 0 Å². The van der Waals surface area contributed by atoms with Crippen LogP contribution in [0, 0.1) is 11.8 Å². The molecule has 0 spiro atoms. The molecular formula is C88H172O17P2. The summed E-state index contributed by atoms with van der Waals surface area (Å²) in [5.41, 5.74) is 0. The van der Waals surface area contributed by atoms with Crippen molar-refractivity contribution in [1.82, 2.24) is 0 Å². The second-order valence-electron chi connectivity index (χ2n) is 32.6. The molecule has 0 saturated heterocycles. The number of rotatable bonds is 87. The molecule has 0 aliphatic heterocycles. The Morgan fingerprint density at radius 3 is 0.636 bits per heavy atom. The van der Waals surface area contributed by atoms with Crippen LogP contribution < -0.4 is 0 Å². The highest BCUT2D eigenvalue weighted by Crippen LogP contribution is 2.45. The monoisotopic (exact) mass is 1560 g/mol. The van der Waals surface area contributed by atoms with Crippen molar-refractivity contribution in [3.63, 3.8) is 0 Å². The molecule has 0 saturated carbocycles. The van der Waals surface area contributed by atoms with Gasteiger partial charge in [-0.3, -0.25) is 37.3 Å². The number of hydrogen-bond donors (Lipinski definition) is 3. The van der Waals surface area contributed by atoms with Gasteiger partial charge in [0.1, 0.15) is 19.3 Å². The highest BCUT2D eigenvalue weighted by atomic mass is 31.2. The number of ether oxygens (including phenoxy) is 4. The second kappa shape index (κ2) is 79.3. The third kappa shape index (κ3) is 81.9. The van der Waals surface area contributed by atoms with Gasteiger partial charge in [-0.05, 0) is 37.5 Å². The van der Waals surface area contributed by atoms with E-state index in [4.69, 9.17) is 37.0 Å². The number of aliphatic hydroxyl groups is 1. The number of phosphoric acid groups is 2. The minimum Gasteiger partial charge on any atom is -0.462 e. The van der Waals surface area contributed by atoms with E-state index in [-0.39, 0.29) is 25.7 Å². The molecule has 636 valence electrons. The third-order valence-electron chi connectivity index (χ3n) is 20.7. The Hall–Kier alpha value is -1.94. The van der Waals surface area contributed by atoms with Crippen LogP contribution in [-0.4, -0.2) is 96.7 Å². The quantitative estimate of drug-likeness (QED) is 0.0222. The first-order valence-electron chi connectivity index (χ1n) is 45.5. The fourth-order valence-corrected chi connectivity index (χ4v) is 15.4. The Labute approximate surface area is 658 Å². The van der Waals surface area contributed by atoms with Crippen molar-refractivity contribution in [3.05, 3.63) is 0 Å². The van der Waals surface area contributed by atoms with Gasteiger partial charge in [0, 0.05) is 25.7 Å². The van der Waals surface area contributed by atoms with Crippen molar-refractivity contribution in [1.29, 1.82) is 0 Å². The number of unbranched alkanes of at least 4 members (excludes halogenated alkanes) is 57. The first-order valence-corrected chi connectivity index (χ1v) is 48.5. The number of aliphatic hydroxyl groups excluding tert-OH is 1. The van der Waals surface area contributed by atoms with Crippen LogP contribution in [0.1, 0.15) is 472 Å². The van der Waals surface area contributed by atoms with E-state index in [1.807, 2.05) is 0 Å². The minimum atomic E-state index is -4.97. The van der Waals surface area contributed by atoms with Crippen molar-refractivity contribution in [2.75, 3.05) is 39.6 Å². The van der Waals surface area contributed by atoms with E-state index in [0.29, 0.717) is 25.7 Å². The number of esters is 4. The van der Waals surface area contributed by atoms with Crippen molar-refractivity contribution in [2.45, 2.75) is 490 Å². The third-order valence-corrected chi connectivity index (χ3v) is 22.6. The van der Waals surface area contributed by atoms with Gasteiger partial charge >= 0.3 is 39.5 Å². The van der Waals surface area contributed by atoms with Gasteiger partial charge in [-0.1, -0.05) is 420 Å². The fourth-order valence-electron chi connectivity index (χ4n) is 13.8. The smallest absolute Gasteiger partial charge is 0.462 e. The Balaban J connectivity index is 5.22. The summed E-state index contributed by atoms with van der Waals surface area (Å²) >= 11 is 0. The van der Waals surface area contributed by atoms with Gasteiger partial charge in [0.05, 0.1) is 26.4 Å². The molecule has 2 unspecified atom stereocenters. The molecule has 0 heterocycles. The minimum absolute atomic E-state index is 0.108. The van der Waals surface area contributed by atoms with Crippen LogP contribution >= 0.6 is 15.6 Å². The lowest BCUT2D eigenvalue weighted by molar-refractivity contribution is -0.161. The Bertz CT molecular complexity index is 2050. The number of phosphoric ester groups is 2. The fraction of sp³-hybridized carbons (Fsp3) is 0.955. The molecule has 0 aromatic rings. The molecule has 0 aliphatic carbocycles. The van der Waals surface area contributed by atoms with Gasteiger partial charge < -0.3 is 33.8 Å². The van der Waals surface area contributed by atoms with E-state index in [1.54, 1.807) is 0 Å². The van der Waals surface area contributed by atoms with Gasteiger partial charge in [0.15, 0.2) is 12.2 Å². The molecule has 5 atom stereocenters. The summed E-state index contributed by atoms with van der Waals surface area (Å²) in [7, 11) is -9.93. The molecular weight excluding hydrogens is 1390 g/mol. The second-order valence-corrected chi connectivity index (χ2v) is 35.5. The summed E-state index contributed by atoms with van der Waals surface area (Å²) in [6.07, 6.45) is 72.2. The summed E-state index contributed by atoms with van der Waals surface area (Å²) in [5.74, 6) is -0.454. The average molecular weight is 1560 g/mol. The lowest BCUT2D eigenvalue weighted by Gasteiger charge is -2.21. The first-order chi connectivity index (χ1) is 51.9. The van der Waals surface area contributed by atoms with E-state index in [2.05, 4.69) is 41.5 Å². The maximum Gasteiger partial charge on any atom is 0.472 e. The predicted octanol–water partition coefficient (Wildman–Crippen LogP) is 27.0. The summed E-state index contributed by atoms with van der Waals surface area (Å²) in [4.78, 5) is 73.3. The van der Waals surface area contributed by atoms with Crippen molar-refractivity contribution < 1.29 is 80.2 Å². The van der Waals surface area contributed by atoms with Crippen LogP contribution in [-0.2, 0) is 65.4 Å². The summed E-state index contributed by atoms with van der Waals surface area (Å²) in [6.45, 7) is 9.76. The highest BCUT2D eigenvalue weighted by Gasteiger charge is 2.30. The van der Waals surface area contributed by atoms with E-state index in [9.17, 15) is 43.2 Å². The van der Waals surface area contributed by atoms with Crippen LogP contribution in [0.3, 0.4) is 0 Å². The Morgan fingerprint density at radius 2 is 0.430 bits per heavy atom. The molecule has 0 bridgehead atoms. The summed E-state index contributed by atoms with van der Waals surface area (Å²) in [5, 5.41) is 10.7. The Morgan fingerprint density at radius 1 is 0.252 bits per heavy atom. The topological polar surface area (TPSA) is 237 Å². The molecule has 0 rings (SSSR count). The van der Waals surface area contributed by atoms with E-state index in [0.717, 1.165) is 102 Å². The van der Waals surface area contributed by atoms with Crippen molar-refractivity contribution in [3.8, 4) is 0 Å². The molecule has 19 heteroatoms. The maximum atomic E-state index is 13.2. The Kier molecular flexibility index (Phi) is 77.9. The zero-order chi connectivity index (χ0) is 78.5. The van der Waals surface area contributed by atoms with Crippen LogP contribution in [0.15, 0.2) is 0 Å². The van der Waals surface area contributed by atoms with Crippen LogP contribution in [0.4, 0.5) is 0 Å². The standard InChI is InChI=1S/C88H172O17P2/c1-7-9-11-13-15-17-19-33-42-48-54-60-66-72-87(92)104-83(76-98-85(90)70-64-58-52-46-40-20-18-16-14-12-10-8-2)78-102-106(94,95)100-74-82(89)75-101-107(96,97)103-79-84(105-88(93)73-67-61-55-49-43-37-32-28-24-22-26-30-35-39-45-51-57-63-69-81(5)6)77-99-86(91)71-65-59-53-47-41-36-31-27-23-21-25-29-34-38-44-50-56-62-68-80(3)4/h80-84,89H,7-79H2,1-6H3,(H,94,95)(H,96,97)/t82-,83+,84+/m0/s1. The predicted molar refractivity (Wildman–Crippen MR) is 442 cm³/mol. The zero-order valence-electron chi connectivity index (χ0n) is 70.5. The molecule has 0 aromatic carbocycles. The molecule has 0 fully saturated rings. The van der Waals surface area contributed by atoms with Crippen molar-refractivity contribution in [2.24, 2.45) is 11.8 Å². The largest absolute Gasteiger partial charge is 0.472 e. The summed E-state index contributed by atoms with van der Waals surface area (Å²) in [6, 6.07) is 0. The molecule has 0 radical (unpaired) electrons. The highest BCUT2D eigenvalue weighted by molar-refractivity contribution is 7.47. The van der Waals surface area contributed by atoms with Crippen LogP contribution in [0.2, 0.25) is 0 Å². The normalized spacial score (nSPS) is 13.8. The van der Waals surface area contributed by atoms with Gasteiger partial charge in [-0.2, -0.15) is 0 Å². The number of carbonyl (C=O) groups is 4. The number of carbonyl (C=O) groups excluding carboxylic acids is 4. The van der Waals surface area contributed by atoms with E-state index in [1.165, 1.54) is 289 Å². The molecule has 0 amide bonds. The zero-order valence-corrected chi connectivity index (χ0v) is 72.2. The summed E-state index contributed by atoms with van der Waals surface area (Å²) < 4.78 is 68.9. The average Bonchev–Trinajstić information content (AvgIpc) is 0.902. The molecule has 3 N–H and O–H groups in total. The van der Waals surface area contributed by atoms with Gasteiger partial charge in [0.2, 0.25) is 0 Å². The van der Waals surface area contributed by atoms with Gasteiger partial charge in [-0.15, -0.1) is 0 Å². The van der Waals surface area contributed by atoms with Gasteiger partial charge in [-0.25, -0.2) is 9.13 Å². The SMILES string of the molecule is CCCCCCCCCCCCCCCC(=O)O[C@H](COC(=O)CCCCCCCCCCCCCC)COP(=O)(O)OC[C@H](O)COP(=O)(O)OC[C@@H](COC(=O)CCCCCCCCCCCCCCCCCCCCC(C)C)OC(=O)CCCCCCCCCCCCCCCCCCCCC(C)C. The maximum absolute atomic E-state index is 13.2. The first kappa shape index (κ1) is 105. The van der Waals surface area contributed by atoms with Gasteiger partial charge in [0.25, 0.3) is 0 Å². The number of hydrogen-bond acceptors (Lipinski definition) is 15. The molecule has 0 aromatic heterocycles. The lowest BCUT2D eigenvalue weighted by Crippen LogP contribution is -2.30. The van der Waals surface area contributed by atoms with Crippen molar-refractivity contribution >= 4 is 39.5 Å². The molecule has 107 heavy (non-hydrogen) atoms. The van der Waals surface area contributed by atoms with E-state index < -0.39 is 97.5 Å². The lowest BCUT2D eigenvalue weighted by atomic mass is 10.0. The van der Waals surface area contributed by atoms with Crippen LogP contribution in [0.25, 0.3) is 0 Å².